The number of carbonyl (C=O) groups is 1. The van der Waals surface area contributed by atoms with Crippen LogP contribution in [0.5, 0.6) is 0 Å². The van der Waals surface area contributed by atoms with Gasteiger partial charge in [-0.2, -0.15) is 0 Å². The van der Waals surface area contributed by atoms with Crippen LogP contribution >= 0.6 is 11.6 Å². The maximum Gasteiger partial charge on any atom is 0.312 e. The van der Waals surface area contributed by atoms with Crippen LogP contribution in [-0.2, 0) is 9.53 Å². The Morgan fingerprint density at radius 1 is 1.42 bits per heavy atom. The minimum absolute atomic E-state index is 0.0278. The number of ether oxygens (including phenoxy) is 1. The Hall–Kier alpha value is -1.95. The smallest absolute Gasteiger partial charge is 0.312 e. The summed E-state index contributed by atoms with van der Waals surface area (Å²) in [6.07, 6.45) is 7.52. The lowest BCUT2D eigenvalue weighted by Gasteiger charge is -2.12. The Kier molecular flexibility index (Phi) is 2.94. The molecule has 0 amide bonds. The van der Waals surface area contributed by atoms with Crippen LogP contribution in [0.4, 0.5) is 0 Å². The number of rotatable bonds is 2. The number of imidazole rings is 1. The van der Waals surface area contributed by atoms with E-state index in [9.17, 15) is 4.79 Å². The molecule has 0 spiro atoms. The number of hydrogen-bond donors (Lipinski definition) is 0. The largest absolute Gasteiger partial charge is 0.469 e. The topological polar surface area (TPSA) is 69.9 Å². The minimum atomic E-state index is -0.226. The molecule has 3 rings (SSSR count). The first-order valence-corrected chi connectivity index (χ1v) is 6.17. The summed E-state index contributed by atoms with van der Waals surface area (Å²) in [6.45, 7) is 0. The first-order chi connectivity index (χ1) is 9.20. The molecule has 0 saturated carbocycles. The standard InChI is InChI=1S/C12H11ClN4O2/c1-19-12(18)7-2-3-8(4-7)17-6-16-9-10(13)14-5-15-11(9)17/h2-3,5-8H,4H2,1H3. The van der Waals surface area contributed by atoms with Gasteiger partial charge in [0.25, 0.3) is 0 Å². The molecular weight excluding hydrogens is 268 g/mol. The maximum atomic E-state index is 11.5. The van der Waals surface area contributed by atoms with Crippen molar-refractivity contribution in [2.45, 2.75) is 12.5 Å². The Balaban J connectivity index is 1.93. The molecule has 0 radical (unpaired) electrons. The summed E-state index contributed by atoms with van der Waals surface area (Å²) in [5.74, 6) is -0.444. The van der Waals surface area contributed by atoms with Crippen LogP contribution in [0.15, 0.2) is 24.8 Å². The molecule has 2 aromatic heterocycles. The zero-order valence-electron chi connectivity index (χ0n) is 10.2. The lowest BCUT2D eigenvalue weighted by atomic mass is 10.1. The van der Waals surface area contributed by atoms with Gasteiger partial charge in [-0.15, -0.1) is 0 Å². The van der Waals surface area contributed by atoms with Gasteiger partial charge in [-0.3, -0.25) is 4.79 Å². The highest BCUT2D eigenvalue weighted by Crippen LogP contribution is 2.31. The first-order valence-electron chi connectivity index (χ1n) is 5.80. The van der Waals surface area contributed by atoms with Crippen molar-refractivity contribution in [1.82, 2.24) is 19.5 Å². The van der Waals surface area contributed by atoms with Crippen LogP contribution in [0.3, 0.4) is 0 Å². The second kappa shape index (κ2) is 4.62. The molecule has 0 saturated heterocycles. The Bertz CT molecular complexity index is 667. The van der Waals surface area contributed by atoms with Crippen LogP contribution in [0.1, 0.15) is 12.5 Å². The van der Waals surface area contributed by atoms with Crippen LogP contribution in [0, 0.1) is 5.92 Å². The Morgan fingerprint density at radius 3 is 3.05 bits per heavy atom. The molecule has 0 aliphatic heterocycles. The third-order valence-electron chi connectivity index (χ3n) is 3.24. The minimum Gasteiger partial charge on any atom is -0.469 e. The number of carbonyl (C=O) groups excluding carboxylic acids is 1. The zero-order chi connectivity index (χ0) is 13.4. The molecule has 1 aliphatic rings. The fourth-order valence-electron chi connectivity index (χ4n) is 2.28. The number of hydrogen-bond acceptors (Lipinski definition) is 5. The molecular formula is C12H11ClN4O2. The van der Waals surface area contributed by atoms with E-state index in [1.807, 2.05) is 16.7 Å². The van der Waals surface area contributed by atoms with E-state index in [-0.39, 0.29) is 17.9 Å². The van der Waals surface area contributed by atoms with Crippen molar-refractivity contribution < 1.29 is 9.53 Å². The molecule has 0 aromatic carbocycles. The molecule has 0 fully saturated rings. The van der Waals surface area contributed by atoms with Gasteiger partial charge in [0.15, 0.2) is 10.8 Å². The van der Waals surface area contributed by atoms with Crippen LogP contribution < -0.4 is 0 Å². The van der Waals surface area contributed by atoms with Gasteiger partial charge in [-0.05, 0) is 6.42 Å². The summed E-state index contributed by atoms with van der Waals surface area (Å²) in [4.78, 5) is 23.8. The van der Waals surface area contributed by atoms with E-state index in [1.165, 1.54) is 13.4 Å². The van der Waals surface area contributed by atoms with Gasteiger partial charge < -0.3 is 9.30 Å². The fourth-order valence-corrected chi connectivity index (χ4v) is 2.46. The van der Waals surface area contributed by atoms with Gasteiger partial charge in [0, 0.05) is 0 Å². The highest BCUT2D eigenvalue weighted by molar-refractivity contribution is 6.33. The fraction of sp³-hybridized carbons (Fsp3) is 0.333. The zero-order valence-corrected chi connectivity index (χ0v) is 10.9. The molecule has 19 heavy (non-hydrogen) atoms. The predicted molar refractivity (Wildman–Crippen MR) is 68.6 cm³/mol. The average Bonchev–Trinajstić information content (AvgIpc) is 3.04. The van der Waals surface area contributed by atoms with E-state index in [0.717, 1.165) is 0 Å². The van der Waals surface area contributed by atoms with Gasteiger partial charge in [0.05, 0.1) is 25.4 Å². The lowest BCUT2D eigenvalue weighted by molar-refractivity contribution is -0.143. The van der Waals surface area contributed by atoms with E-state index < -0.39 is 0 Å². The molecule has 2 unspecified atom stereocenters. The van der Waals surface area contributed by atoms with Crippen molar-refractivity contribution in [3.63, 3.8) is 0 Å². The van der Waals surface area contributed by atoms with Crippen molar-refractivity contribution in [1.29, 1.82) is 0 Å². The summed E-state index contributed by atoms with van der Waals surface area (Å²) in [6, 6.07) is 0.0278. The number of nitrogens with zero attached hydrogens (tertiary/aromatic N) is 4. The van der Waals surface area contributed by atoms with Crippen molar-refractivity contribution in [2.24, 2.45) is 5.92 Å². The number of esters is 1. The maximum absolute atomic E-state index is 11.5. The monoisotopic (exact) mass is 278 g/mol. The Labute approximate surface area is 114 Å². The van der Waals surface area contributed by atoms with Crippen molar-refractivity contribution in [3.8, 4) is 0 Å². The third-order valence-corrected chi connectivity index (χ3v) is 3.51. The third kappa shape index (κ3) is 1.98. The van der Waals surface area contributed by atoms with E-state index in [2.05, 4.69) is 15.0 Å². The summed E-state index contributed by atoms with van der Waals surface area (Å²) in [5.41, 5.74) is 1.24. The first kappa shape index (κ1) is 12.1. The SMILES string of the molecule is COC(=O)C1C=CC(n2cnc3c(Cl)ncnc32)C1. The van der Waals surface area contributed by atoms with Crippen molar-refractivity contribution >= 4 is 28.7 Å². The quantitative estimate of drug-likeness (QED) is 0.476. The highest BCUT2D eigenvalue weighted by atomic mass is 35.5. The lowest BCUT2D eigenvalue weighted by Crippen LogP contribution is -2.14. The molecule has 2 aromatic rings. The van der Waals surface area contributed by atoms with Crippen molar-refractivity contribution in [3.05, 3.63) is 30.0 Å². The number of methoxy groups -OCH3 is 1. The summed E-state index contributed by atoms with van der Waals surface area (Å²) in [7, 11) is 1.39. The number of halogens is 1. The normalized spacial score (nSPS) is 22.0. The number of allylic oxidation sites excluding steroid dienone is 1. The molecule has 0 N–H and O–H groups in total. The summed E-state index contributed by atoms with van der Waals surface area (Å²) in [5, 5.41) is 0.329. The molecule has 1 aliphatic carbocycles. The van der Waals surface area contributed by atoms with E-state index in [4.69, 9.17) is 16.3 Å². The highest BCUT2D eigenvalue weighted by Gasteiger charge is 2.27. The molecule has 2 heterocycles. The van der Waals surface area contributed by atoms with E-state index in [0.29, 0.717) is 22.7 Å². The predicted octanol–water partition coefficient (Wildman–Crippen LogP) is 1.77. The molecule has 2 atom stereocenters. The number of fused-ring (bicyclic) bond motifs is 1. The molecule has 7 heteroatoms. The van der Waals surface area contributed by atoms with E-state index >= 15 is 0 Å². The van der Waals surface area contributed by atoms with Crippen molar-refractivity contribution in [2.75, 3.05) is 7.11 Å². The van der Waals surface area contributed by atoms with Gasteiger partial charge in [-0.1, -0.05) is 23.8 Å². The molecule has 98 valence electrons. The van der Waals surface area contributed by atoms with Gasteiger partial charge in [0.1, 0.15) is 11.8 Å². The second-order valence-electron chi connectivity index (χ2n) is 4.31. The average molecular weight is 279 g/mol. The van der Waals surface area contributed by atoms with Crippen LogP contribution in [0.2, 0.25) is 5.15 Å². The van der Waals surface area contributed by atoms with E-state index in [1.54, 1.807) is 6.33 Å². The van der Waals surface area contributed by atoms with Gasteiger partial charge in [-0.25, -0.2) is 15.0 Å². The Morgan fingerprint density at radius 2 is 2.26 bits per heavy atom. The number of aromatic nitrogens is 4. The second-order valence-corrected chi connectivity index (χ2v) is 4.66. The molecule has 6 nitrogen and oxygen atoms in total. The molecule has 0 bridgehead atoms. The van der Waals surface area contributed by atoms with Gasteiger partial charge in [0.2, 0.25) is 0 Å². The van der Waals surface area contributed by atoms with Crippen LogP contribution in [0.25, 0.3) is 11.2 Å². The van der Waals surface area contributed by atoms with Crippen LogP contribution in [-0.4, -0.2) is 32.6 Å². The van der Waals surface area contributed by atoms with Gasteiger partial charge >= 0.3 is 5.97 Å². The summed E-state index contributed by atoms with van der Waals surface area (Å²) >= 11 is 5.96. The summed E-state index contributed by atoms with van der Waals surface area (Å²) < 4.78 is 6.64.